The summed E-state index contributed by atoms with van der Waals surface area (Å²) in [5, 5.41) is 24.5. The van der Waals surface area contributed by atoms with E-state index in [0.717, 1.165) is 79.5 Å². The zero-order valence-corrected chi connectivity index (χ0v) is 35.9. The molecule has 4 saturated heterocycles. The molecule has 4 bridgehead atoms. The molecule has 0 spiro atoms. The first-order valence-electron chi connectivity index (χ1n) is 17.3. The molecular formula is C34H60N8O4Zn2-2. The molecule has 48 heavy (non-hydrogen) atoms. The third-order valence-electron chi connectivity index (χ3n) is 8.73. The maximum absolute atomic E-state index is 9.00. The van der Waals surface area contributed by atoms with Crippen molar-refractivity contribution >= 4 is 11.9 Å². The Morgan fingerprint density at radius 2 is 0.833 bits per heavy atom. The van der Waals surface area contributed by atoms with Crippen LogP contribution in [0.4, 0.5) is 0 Å². The first-order chi connectivity index (χ1) is 22.3. The fraction of sp³-hybridized carbons (Fsp3) is 0.765. The van der Waals surface area contributed by atoms with Crippen molar-refractivity contribution in [2.75, 3.05) is 118 Å². The second-order valence-electron chi connectivity index (χ2n) is 12.9. The van der Waals surface area contributed by atoms with E-state index in [1.165, 1.54) is 102 Å². The fourth-order valence-corrected chi connectivity index (χ4v) is 6.45. The smallest absolute Gasteiger partial charge is 0.300 e. The van der Waals surface area contributed by atoms with E-state index in [9.17, 15) is 0 Å². The summed E-state index contributed by atoms with van der Waals surface area (Å²) in [5.74, 6) is -1.67. The number of hydrogen-bond acceptors (Lipinski definition) is 8. The van der Waals surface area contributed by atoms with Gasteiger partial charge in [0, 0.05) is 105 Å². The second kappa shape index (κ2) is 26.8. The molecule has 0 amide bonds. The number of carbonyl (C=O) groups is 2. The van der Waals surface area contributed by atoms with Gasteiger partial charge >= 0.3 is 0 Å². The quantitative estimate of drug-likeness (QED) is 0.442. The van der Waals surface area contributed by atoms with Crippen molar-refractivity contribution < 1.29 is 58.8 Å². The van der Waals surface area contributed by atoms with Crippen molar-refractivity contribution in [2.24, 2.45) is 0 Å². The van der Waals surface area contributed by atoms with Crippen molar-refractivity contribution in [3.05, 3.63) is 46.0 Å². The van der Waals surface area contributed by atoms with Crippen LogP contribution in [0.2, 0.25) is 0 Å². The van der Waals surface area contributed by atoms with E-state index in [-0.39, 0.29) is 39.0 Å². The third kappa shape index (κ3) is 20.7. The zero-order valence-electron chi connectivity index (χ0n) is 30.0. The average molecular weight is 776 g/mol. The Morgan fingerprint density at radius 3 is 1.17 bits per heavy atom. The molecular weight excluding hydrogens is 715 g/mol. The molecule has 4 aliphatic heterocycles. The molecule has 12 nitrogen and oxygen atoms in total. The Morgan fingerprint density at radius 1 is 0.521 bits per heavy atom. The molecule has 4 heterocycles. The first kappa shape index (κ1) is 45.1. The van der Waals surface area contributed by atoms with Crippen molar-refractivity contribution in [3.63, 3.8) is 0 Å². The van der Waals surface area contributed by atoms with Crippen LogP contribution in [0.1, 0.15) is 50.7 Å². The second-order valence-corrected chi connectivity index (χ2v) is 12.9. The molecule has 2 N–H and O–H groups in total. The summed E-state index contributed by atoms with van der Waals surface area (Å²) in [6.45, 7) is 24.8. The number of nitrogens with zero attached hydrogens (tertiary/aromatic N) is 8. The molecule has 4 fully saturated rings. The largest absolute Gasteiger partial charge is 0.661 e. The predicted octanol–water partition coefficient (Wildman–Crippen LogP) is 2.95. The minimum atomic E-state index is -0.833. The molecule has 0 aromatic heterocycles. The van der Waals surface area contributed by atoms with Crippen molar-refractivity contribution in [1.29, 1.82) is 0 Å². The van der Waals surface area contributed by atoms with Gasteiger partial charge in [-0.1, -0.05) is 37.1 Å². The molecule has 0 saturated carbocycles. The Hall–Kier alpha value is -0.913. The molecule has 266 valence electrons. The summed E-state index contributed by atoms with van der Waals surface area (Å²) in [7, 11) is 0. The number of fused-ring (bicyclic) bond motifs is 4. The number of carboxylic acids is 2. The number of carboxylic acid groups (broad SMARTS) is 2. The molecule has 4 atom stereocenters. The van der Waals surface area contributed by atoms with Gasteiger partial charge < -0.3 is 30.6 Å². The van der Waals surface area contributed by atoms with E-state index in [0.29, 0.717) is 0 Å². The van der Waals surface area contributed by atoms with Crippen LogP contribution in [-0.4, -0.2) is 170 Å². The van der Waals surface area contributed by atoms with E-state index in [2.05, 4.69) is 53.7 Å². The maximum atomic E-state index is 9.00. The van der Waals surface area contributed by atoms with Crippen molar-refractivity contribution in [1.82, 2.24) is 29.4 Å². The van der Waals surface area contributed by atoms with Gasteiger partial charge in [-0.25, -0.2) is 0 Å². The topological polar surface area (TPSA) is 122 Å². The average Bonchev–Trinajstić information content (AvgIpc) is 3.66. The van der Waals surface area contributed by atoms with E-state index in [1.807, 2.05) is 0 Å². The Bertz CT molecular complexity index is 911. The molecule has 1 aromatic rings. The SMILES string of the molecule is CC(=O)O.CC(=O)O.[Zn].[Zn].c1cc(CN2CCCN3CCN(CCC[N-]CC2)C3)ccc1CN1CCCN2CCN(CCC[N-]CC1)C2. The van der Waals surface area contributed by atoms with E-state index >= 15 is 0 Å². The Labute approximate surface area is 315 Å². The number of rotatable bonds is 4. The van der Waals surface area contributed by atoms with Crippen molar-refractivity contribution in [3.8, 4) is 0 Å². The van der Waals surface area contributed by atoms with E-state index in [1.54, 1.807) is 0 Å². The van der Waals surface area contributed by atoms with Crippen LogP contribution in [0.3, 0.4) is 0 Å². The van der Waals surface area contributed by atoms with Crippen LogP contribution in [-0.2, 0) is 61.6 Å². The number of aliphatic carboxylic acids is 2. The van der Waals surface area contributed by atoms with Gasteiger partial charge in [0.1, 0.15) is 0 Å². The minimum absolute atomic E-state index is 0. The van der Waals surface area contributed by atoms with Crippen LogP contribution in [0.5, 0.6) is 0 Å². The summed E-state index contributed by atoms with van der Waals surface area (Å²) in [6, 6.07) is 9.48. The molecule has 4 unspecified atom stereocenters. The van der Waals surface area contributed by atoms with Gasteiger partial charge in [-0.15, -0.1) is 26.2 Å². The maximum Gasteiger partial charge on any atom is 0.300 e. The van der Waals surface area contributed by atoms with E-state index in [4.69, 9.17) is 30.4 Å². The fourth-order valence-electron chi connectivity index (χ4n) is 6.45. The molecule has 4 aliphatic rings. The monoisotopic (exact) mass is 772 g/mol. The standard InChI is InChI=1S/C30H52N8.2C2H4O2.2Zn/c1-9-31-11-19-33(15-3-17-37-23-21-35(13-1)27-37)25-29-5-7-30(8-6-29)26-34-16-4-18-38-24-22-36(28-38)14-2-10-32-12-20-34;2*1-2(3)4;;/h5-8H,1-4,9-28H2;2*1H3,(H,3,4);;/q-2;;;;. The molecule has 5 rings (SSSR count). The van der Waals surface area contributed by atoms with Crippen LogP contribution in [0.25, 0.3) is 10.6 Å². The van der Waals surface area contributed by atoms with Gasteiger partial charge in [0.2, 0.25) is 0 Å². The normalized spacial score (nSPS) is 26.2. The zero-order chi connectivity index (χ0) is 33.0. The van der Waals surface area contributed by atoms with Crippen molar-refractivity contribution in [2.45, 2.75) is 52.6 Å². The van der Waals surface area contributed by atoms with Crippen LogP contribution in [0.15, 0.2) is 24.3 Å². The van der Waals surface area contributed by atoms with Crippen LogP contribution < -0.4 is 0 Å². The summed E-state index contributed by atoms with van der Waals surface area (Å²) in [4.78, 5) is 33.7. The number of benzene rings is 1. The van der Waals surface area contributed by atoms with Gasteiger partial charge in [-0.2, -0.15) is 0 Å². The van der Waals surface area contributed by atoms with Gasteiger partial charge in [-0.05, 0) is 63.2 Å². The number of hydrogen-bond donors (Lipinski definition) is 2. The summed E-state index contributed by atoms with van der Waals surface area (Å²) in [6.07, 6.45) is 4.91. The summed E-state index contributed by atoms with van der Waals surface area (Å²) in [5.41, 5.74) is 2.87. The van der Waals surface area contributed by atoms with Gasteiger partial charge in [0.25, 0.3) is 11.9 Å². The third-order valence-corrected chi connectivity index (χ3v) is 8.73. The summed E-state index contributed by atoms with van der Waals surface area (Å²) < 4.78 is 0. The predicted molar refractivity (Wildman–Crippen MR) is 184 cm³/mol. The Balaban J connectivity index is 0.00000104. The van der Waals surface area contributed by atoms with Gasteiger partial charge in [0.15, 0.2) is 0 Å². The van der Waals surface area contributed by atoms with E-state index < -0.39 is 11.9 Å². The molecule has 0 radical (unpaired) electrons. The minimum Gasteiger partial charge on any atom is -0.661 e. The first-order valence-corrected chi connectivity index (χ1v) is 17.3. The Kier molecular flexibility index (Phi) is 25.2. The molecule has 1 aromatic carbocycles. The van der Waals surface area contributed by atoms with Crippen LogP contribution in [0, 0.1) is 0 Å². The summed E-state index contributed by atoms with van der Waals surface area (Å²) >= 11 is 0. The van der Waals surface area contributed by atoms with Crippen LogP contribution >= 0.6 is 0 Å². The molecule has 0 aliphatic carbocycles. The molecule has 14 heteroatoms. The van der Waals surface area contributed by atoms with Gasteiger partial charge in [-0.3, -0.25) is 29.2 Å². The van der Waals surface area contributed by atoms with Gasteiger partial charge in [0.05, 0.1) is 13.3 Å².